The molecule has 0 aromatic heterocycles. The van der Waals surface area contributed by atoms with Crippen molar-refractivity contribution >= 4 is 15.9 Å². The molecule has 1 saturated carbocycles. The maximum absolute atomic E-state index is 9.23. The molecule has 0 spiro atoms. The Labute approximate surface area is 115 Å². The van der Waals surface area contributed by atoms with E-state index < -0.39 is 0 Å². The van der Waals surface area contributed by atoms with E-state index in [1.807, 2.05) is 0 Å². The van der Waals surface area contributed by atoms with Gasteiger partial charge in [-0.1, -0.05) is 48.5 Å². The van der Waals surface area contributed by atoms with Crippen LogP contribution in [0.1, 0.15) is 51.9 Å². The molecule has 17 heavy (non-hydrogen) atoms. The van der Waals surface area contributed by atoms with Crippen molar-refractivity contribution in [1.29, 1.82) is 0 Å². The lowest BCUT2D eigenvalue weighted by atomic mass is 9.93. The lowest BCUT2D eigenvalue weighted by Gasteiger charge is -2.36. The lowest BCUT2D eigenvalue weighted by Crippen LogP contribution is -2.42. The molecule has 1 aliphatic rings. The zero-order valence-electron chi connectivity index (χ0n) is 11.2. The second-order valence-corrected chi connectivity index (χ2v) is 5.97. The first-order chi connectivity index (χ1) is 8.31. The van der Waals surface area contributed by atoms with Gasteiger partial charge in [0.15, 0.2) is 0 Å². The van der Waals surface area contributed by atoms with Gasteiger partial charge in [0.25, 0.3) is 0 Å². The quantitative estimate of drug-likeness (QED) is 0.695. The predicted molar refractivity (Wildman–Crippen MR) is 77.7 cm³/mol. The second-order valence-electron chi connectivity index (χ2n) is 5.32. The molecule has 0 radical (unpaired) electrons. The van der Waals surface area contributed by atoms with Gasteiger partial charge >= 0.3 is 0 Å². The molecule has 1 aliphatic carbocycles. The molecule has 0 bridgehead atoms. The number of alkyl halides is 1. The minimum atomic E-state index is 0.303. The highest BCUT2D eigenvalue weighted by atomic mass is 79.9. The van der Waals surface area contributed by atoms with E-state index in [-0.39, 0.29) is 0 Å². The summed E-state index contributed by atoms with van der Waals surface area (Å²) in [5, 5.41) is 10.3. The van der Waals surface area contributed by atoms with Crippen molar-refractivity contribution in [1.82, 2.24) is 4.90 Å². The first kappa shape index (κ1) is 15.5. The topological polar surface area (TPSA) is 23.5 Å². The lowest BCUT2D eigenvalue weighted by molar-refractivity contribution is 0.108. The predicted octanol–water partition coefficient (Wildman–Crippen LogP) is 3.42. The molecular formula is C14H28BrNO. The Bertz CT molecular complexity index is 183. The molecule has 1 N–H and O–H groups in total. The van der Waals surface area contributed by atoms with Crippen LogP contribution >= 0.6 is 15.9 Å². The van der Waals surface area contributed by atoms with Gasteiger partial charge < -0.3 is 5.11 Å². The van der Waals surface area contributed by atoms with E-state index >= 15 is 0 Å². The number of nitrogens with zero attached hydrogens (tertiary/aromatic N) is 1. The third-order valence-electron chi connectivity index (χ3n) is 3.89. The Morgan fingerprint density at radius 1 is 1.29 bits per heavy atom. The molecule has 0 saturated heterocycles. The van der Waals surface area contributed by atoms with Crippen molar-refractivity contribution in [3.8, 4) is 0 Å². The van der Waals surface area contributed by atoms with E-state index in [0.717, 1.165) is 30.4 Å². The van der Waals surface area contributed by atoms with Crippen LogP contribution in [-0.2, 0) is 0 Å². The monoisotopic (exact) mass is 305 g/mol. The molecule has 0 aliphatic heterocycles. The molecule has 1 atom stereocenters. The fourth-order valence-corrected chi connectivity index (χ4v) is 3.48. The van der Waals surface area contributed by atoms with Gasteiger partial charge in [-0.3, -0.25) is 4.90 Å². The Hall–Kier alpha value is 0.400. The summed E-state index contributed by atoms with van der Waals surface area (Å²) >= 11 is 3.63. The summed E-state index contributed by atoms with van der Waals surface area (Å²) in [6, 6.07) is 0.731. The van der Waals surface area contributed by atoms with E-state index in [1.165, 1.54) is 44.9 Å². The largest absolute Gasteiger partial charge is 0.395 e. The molecule has 0 aromatic rings. The minimum Gasteiger partial charge on any atom is -0.395 e. The number of hydrogen-bond donors (Lipinski definition) is 1. The Morgan fingerprint density at radius 2 is 2.00 bits per heavy atom. The number of hydrogen-bond acceptors (Lipinski definition) is 2. The number of aliphatic hydroxyl groups is 1. The van der Waals surface area contributed by atoms with Crippen molar-refractivity contribution in [3.05, 3.63) is 0 Å². The van der Waals surface area contributed by atoms with E-state index in [4.69, 9.17) is 0 Å². The van der Waals surface area contributed by atoms with Gasteiger partial charge in [-0.25, -0.2) is 0 Å². The van der Waals surface area contributed by atoms with Crippen molar-refractivity contribution < 1.29 is 5.11 Å². The fraction of sp³-hybridized carbons (Fsp3) is 1.00. The SMILES string of the molecule is CCCC(CBr)CN(CCO)C1CCCCC1. The summed E-state index contributed by atoms with van der Waals surface area (Å²) < 4.78 is 0. The zero-order chi connectivity index (χ0) is 12.5. The second kappa shape index (κ2) is 9.35. The highest BCUT2D eigenvalue weighted by Crippen LogP contribution is 2.24. The Morgan fingerprint density at radius 3 is 2.53 bits per heavy atom. The van der Waals surface area contributed by atoms with Crippen molar-refractivity contribution in [2.24, 2.45) is 5.92 Å². The van der Waals surface area contributed by atoms with Gasteiger partial charge in [0, 0.05) is 24.5 Å². The van der Waals surface area contributed by atoms with E-state index in [0.29, 0.717) is 6.61 Å². The standard InChI is InChI=1S/C14H28BrNO/c1-2-6-13(11-15)12-16(9-10-17)14-7-4-3-5-8-14/h13-14,17H,2-12H2,1H3. The number of aliphatic hydroxyl groups excluding tert-OH is 1. The maximum Gasteiger partial charge on any atom is 0.0558 e. The third-order valence-corrected chi connectivity index (χ3v) is 4.80. The van der Waals surface area contributed by atoms with Crippen LogP contribution in [0, 0.1) is 5.92 Å². The van der Waals surface area contributed by atoms with Crippen LogP contribution in [0.2, 0.25) is 0 Å². The van der Waals surface area contributed by atoms with Gasteiger partial charge in [0.05, 0.1) is 6.61 Å². The van der Waals surface area contributed by atoms with E-state index in [9.17, 15) is 5.11 Å². The van der Waals surface area contributed by atoms with Crippen LogP contribution in [0.15, 0.2) is 0 Å². The smallest absolute Gasteiger partial charge is 0.0558 e. The first-order valence-electron chi connectivity index (χ1n) is 7.22. The summed E-state index contributed by atoms with van der Waals surface area (Å²) in [7, 11) is 0. The molecule has 0 aromatic carbocycles. The molecule has 0 heterocycles. The van der Waals surface area contributed by atoms with Gasteiger partial charge in [-0.15, -0.1) is 0 Å². The highest BCUT2D eigenvalue weighted by Gasteiger charge is 2.22. The van der Waals surface area contributed by atoms with Gasteiger partial charge in [0.2, 0.25) is 0 Å². The number of halogens is 1. The van der Waals surface area contributed by atoms with Crippen LogP contribution in [-0.4, -0.2) is 41.1 Å². The van der Waals surface area contributed by atoms with Crippen LogP contribution in [0.25, 0.3) is 0 Å². The molecular weight excluding hydrogens is 278 g/mol. The third kappa shape index (κ3) is 5.71. The summed E-state index contributed by atoms with van der Waals surface area (Å²) in [5.74, 6) is 0.744. The van der Waals surface area contributed by atoms with Crippen LogP contribution in [0.4, 0.5) is 0 Å². The van der Waals surface area contributed by atoms with Gasteiger partial charge in [-0.05, 0) is 25.2 Å². The van der Waals surface area contributed by atoms with Gasteiger partial charge in [-0.2, -0.15) is 0 Å². The van der Waals surface area contributed by atoms with Crippen molar-refractivity contribution in [2.75, 3.05) is 25.0 Å². The average Bonchev–Trinajstić information content (AvgIpc) is 2.38. The average molecular weight is 306 g/mol. The normalized spacial score (nSPS) is 19.8. The molecule has 0 amide bonds. The first-order valence-corrected chi connectivity index (χ1v) is 8.34. The minimum absolute atomic E-state index is 0.303. The molecule has 3 heteroatoms. The highest BCUT2D eigenvalue weighted by molar-refractivity contribution is 9.09. The molecule has 1 unspecified atom stereocenters. The Kier molecular flexibility index (Phi) is 8.50. The van der Waals surface area contributed by atoms with Crippen LogP contribution < -0.4 is 0 Å². The summed E-state index contributed by atoms with van der Waals surface area (Å²) in [5.41, 5.74) is 0. The summed E-state index contributed by atoms with van der Waals surface area (Å²) in [6.45, 7) is 4.58. The molecule has 1 rings (SSSR count). The summed E-state index contributed by atoms with van der Waals surface area (Å²) in [4.78, 5) is 2.54. The van der Waals surface area contributed by atoms with E-state index in [1.54, 1.807) is 0 Å². The maximum atomic E-state index is 9.23. The van der Waals surface area contributed by atoms with Crippen molar-refractivity contribution in [2.45, 2.75) is 57.9 Å². The van der Waals surface area contributed by atoms with Crippen LogP contribution in [0.5, 0.6) is 0 Å². The van der Waals surface area contributed by atoms with E-state index in [2.05, 4.69) is 27.8 Å². The molecule has 2 nitrogen and oxygen atoms in total. The Balaban J connectivity index is 2.44. The molecule has 102 valence electrons. The number of rotatable bonds is 8. The zero-order valence-corrected chi connectivity index (χ0v) is 12.8. The fourth-order valence-electron chi connectivity index (χ4n) is 2.95. The van der Waals surface area contributed by atoms with Gasteiger partial charge in [0.1, 0.15) is 0 Å². The summed E-state index contributed by atoms with van der Waals surface area (Å²) in [6.07, 6.45) is 9.37. The van der Waals surface area contributed by atoms with Crippen molar-refractivity contribution in [3.63, 3.8) is 0 Å². The van der Waals surface area contributed by atoms with Crippen LogP contribution in [0.3, 0.4) is 0 Å². The molecule has 1 fully saturated rings.